The first kappa shape index (κ1) is 12.2. The van der Waals surface area contributed by atoms with Gasteiger partial charge in [0, 0.05) is 5.75 Å². The Bertz CT molecular complexity index is 77.4. The summed E-state index contributed by atoms with van der Waals surface area (Å²) in [6.07, 6.45) is 2.41. The van der Waals surface area contributed by atoms with E-state index in [1.54, 1.807) is 0 Å². The van der Waals surface area contributed by atoms with Gasteiger partial charge in [-0.15, -0.1) is 0 Å². The van der Waals surface area contributed by atoms with E-state index < -0.39 is 0 Å². The van der Waals surface area contributed by atoms with Crippen molar-refractivity contribution in [3.05, 3.63) is 0 Å². The van der Waals surface area contributed by atoms with Crippen molar-refractivity contribution in [1.29, 1.82) is 0 Å². The molecule has 0 heterocycles. The van der Waals surface area contributed by atoms with E-state index in [1.807, 2.05) is 0 Å². The summed E-state index contributed by atoms with van der Waals surface area (Å²) in [5.41, 5.74) is 5.19. The first-order chi connectivity index (χ1) is 3.77. The molecule has 4 heteroatoms. The Hall–Kier alpha value is 0.550. The average molecular weight is 260 g/mol. The van der Waals surface area contributed by atoms with Gasteiger partial charge >= 0.3 is 0 Å². The summed E-state index contributed by atoms with van der Waals surface area (Å²) in [5.74, 6) is 1.05. The molecule has 0 rings (SSSR count). The van der Waals surface area contributed by atoms with Crippen molar-refractivity contribution in [2.75, 3.05) is 5.75 Å². The number of unbranched alkanes of at least 4 members (excludes halogenated alkanes) is 1. The summed E-state index contributed by atoms with van der Waals surface area (Å²) in [6.45, 7) is 2.15. The third-order valence-corrected chi connectivity index (χ3v) is 1.59. The summed E-state index contributed by atoms with van der Waals surface area (Å²) in [4.78, 5) is 0. The first-order valence-corrected chi connectivity index (χ1v) is 3.76. The van der Waals surface area contributed by atoms with E-state index in [2.05, 4.69) is 6.92 Å². The minimum atomic E-state index is 0. The van der Waals surface area contributed by atoms with Crippen molar-refractivity contribution < 1.29 is 29.4 Å². The van der Waals surface area contributed by atoms with Crippen molar-refractivity contribution in [3.63, 3.8) is 0 Å². The number of thioether (sulfide) groups is 1. The van der Waals surface area contributed by atoms with Gasteiger partial charge in [0.05, 0.1) is 0 Å². The summed E-state index contributed by atoms with van der Waals surface area (Å²) in [6, 6.07) is 0. The standard InChI is InChI=1S/C5H12N2S.HI/c1-2-3-4-8-5(6)7;/h2-4H2,1H3,(H3,6,7);1H. The Morgan fingerprint density at radius 3 is 2.56 bits per heavy atom. The third-order valence-electron chi connectivity index (χ3n) is 0.767. The highest BCUT2D eigenvalue weighted by molar-refractivity contribution is 8.13. The number of rotatable bonds is 3. The van der Waals surface area contributed by atoms with Crippen LogP contribution in [0.15, 0.2) is 0 Å². The van der Waals surface area contributed by atoms with Crippen LogP contribution >= 0.6 is 11.8 Å². The van der Waals surface area contributed by atoms with Gasteiger partial charge in [0.2, 0.25) is 0 Å². The fourth-order valence-electron chi connectivity index (χ4n) is 0.334. The second-order valence-electron chi connectivity index (χ2n) is 1.60. The monoisotopic (exact) mass is 260 g/mol. The normalized spacial score (nSPS) is 8.11. The molecule has 0 radical (unpaired) electrons. The lowest BCUT2D eigenvalue weighted by molar-refractivity contribution is -0.110. The Morgan fingerprint density at radius 1 is 1.67 bits per heavy atom. The fraction of sp³-hybridized carbons (Fsp3) is 0.800. The molecule has 0 aromatic rings. The van der Waals surface area contributed by atoms with Gasteiger partial charge in [-0.1, -0.05) is 13.3 Å². The zero-order valence-corrected chi connectivity index (χ0v) is 8.54. The van der Waals surface area contributed by atoms with Crippen LogP contribution in [0.2, 0.25) is 0 Å². The van der Waals surface area contributed by atoms with Crippen molar-refractivity contribution in [2.45, 2.75) is 19.8 Å². The Kier molecular flexibility index (Phi) is 11.6. The molecule has 9 heavy (non-hydrogen) atoms. The van der Waals surface area contributed by atoms with E-state index >= 15 is 0 Å². The molecule has 0 atom stereocenters. The number of hydrogen-bond acceptors (Lipinski definition) is 1. The number of nitrogens with two attached hydrogens (primary N) is 2. The molecular weight excluding hydrogens is 247 g/mol. The topological polar surface area (TPSA) is 51.6 Å². The van der Waals surface area contributed by atoms with Gasteiger partial charge in [-0.2, -0.15) is 0 Å². The van der Waals surface area contributed by atoms with E-state index in [1.165, 1.54) is 24.6 Å². The van der Waals surface area contributed by atoms with Crippen molar-refractivity contribution in [3.8, 4) is 0 Å². The molecule has 56 valence electrons. The fourth-order valence-corrected chi connectivity index (χ4v) is 1.00. The summed E-state index contributed by atoms with van der Waals surface area (Å²) in [5, 5.41) is 5.68. The molecular formula is C5H13IN2S. The first-order valence-electron chi connectivity index (χ1n) is 2.78. The minimum absolute atomic E-state index is 0. The van der Waals surface area contributed by atoms with Crippen LogP contribution in [0.1, 0.15) is 19.8 Å². The predicted octanol–water partition coefficient (Wildman–Crippen LogP) is -3.40. The smallest absolute Gasteiger partial charge is 0.299 e. The number of halogens is 1. The molecule has 0 fully saturated rings. The summed E-state index contributed by atoms with van der Waals surface area (Å²) < 4.78 is 0. The lowest BCUT2D eigenvalue weighted by Crippen LogP contribution is -3.00. The van der Waals surface area contributed by atoms with Crippen LogP contribution in [-0.2, 0) is 0 Å². The van der Waals surface area contributed by atoms with Crippen LogP contribution in [0.25, 0.3) is 0 Å². The highest BCUT2D eigenvalue weighted by atomic mass is 127. The van der Waals surface area contributed by atoms with Gasteiger partial charge in [0.25, 0.3) is 5.17 Å². The quantitative estimate of drug-likeness (QED) is 0.240. The van der Waals surface area contributed by atoms with E-state index in [0.717, 1.165) is 5.75 Å². The molecule has 0 aliphatic carbocycles. The Balaban J connectivity index is 0. The average Bonchev–Trinajstić information content (AvgIpc) is 1.66. The van der Waals surface area contributed by atoms with Crippen LogP contribution in [0.3, 0.4) is 0 Å². The Morgan fingerprint density at radius 2 is 2.22 bits per heavy atom. The third kappa shape index (κ3) is 11.9. The predicted molar refractivity (Wildman–Crippen MR) is 38.5 cm³/mol. The largest absolute Gasteiger partial charge is 1.00 e. The van der Waals surface area contributed by atoms with Gasteiger partial charge in [-0.05, 0) is 18.2 Å². The lowest BCUT2D eigenvalue weighted by Gasteiger charge is -1.89. The molecule has 0 unspecified atom stereocenters. The summed E-state index contributed by atoms with van der Waals surface area (Å²) >= 11 is 1.53. The number of amidine groups is 1. The van der Waals surface area contributed by atoms with E-state index in [0.29, 0.717) is 5.17 Å². The zero-order valence-electron chi connectivity index (χ0n) is 5.56. The van der Waals surface area contributed by atoms with Gasteiger partial charge in [-0.25, -0.2) is 0 Å². The maximum atomic E-state index is 5.19. The molecule has 0 aliphatic rings. The second kappa shape index (κ2) is 8.55. The molecule has 0 bridgehead atoms. The van der Waals surface area contributed by atoms with Crippen molar-refractivity contribution in [2.24, 2.45) is 5.73 Å². The van der Waals surface area contributed by atoms with Crippen LogP contribution in [0, 0.1) is 0 Å². The molecule has 4 N–H and O–H groups in total. The highest BCUT2D eigenvalue weighted by Crippen LogP contribution is 1.99. The molecule has 0 aliphatic heterocycles. The molecule has 0 aromatic carbocycles. The second-order valence-corrected chi connectivity index (χ2v) is 2.77. The SMILES string of the molecule is CCCCSC(N)=[NH2+].[I-]. The van der Waals surface area contributed by atoms with Crippen LogP contribution in [0.4, 0.5) is 0 Å². The molecule has 0 saturated heterocycles. The van der Waals surface area contributed by atoms with E-state index in [4.69, 9.17) is 11.1 Å². The van der Waals surface area contributed by atoms with Gasteiger partial charge in [0.1, 0.15) is 0 Å². The zero-order chi connectivity index (χ0) is 6.41. The van der Waals surface area contributed by atoms with Gasteiger partial charge < -0.3 is 24.0 Å². The van der Waals surface area contributed by atoms with Crippen LogP contribution in [0.5, 0.6) is 0 Å². The van der Waals surface area contributed by atoms with Gasteiger partial charge in [0.15, 0.2) is 0 Å². The van der Waals surface area contributed by atoms with Crippen molar-refractivity contribution >= 4 is 16.9 Å². The molecule has 2 nitrogen and oxygen atoms in total. The lowest BCUT2D eigenvalue weighted by atomic mass is 10.4. The molecule has 0 saturated carbocycles. The maximum absolute atomic E-state index is 5.19. The van der Waals surface area contributed by atoms with Crippen molar-refractivity contribution in [1.82, 2.24) is 0 Å². The van der Waals surface area contributed by atoms with Gasteiger partial charge in [-0.3, -0.25) is 11.1 Å². The Labute approximate surface area is 77.5 Å². The molecule has 0 aromatic heterocycles. The minimum Gasteiger partial charge on any atom is -1.00 e. The van der Waals surface area contributed by atoms with Crippen LogP contribution in [-0.4, -0.2) is 10.9 Å². The molecule has 0 spiro atoms. The van der Waals surface area contributed by atoms with E-state index in [9.17, 15) is 0 Å². The highest BCUT2D eigenvalue weighted by Gasteiger charge is 1.92. The maximum Gasteiger partial charge on any atom is 0.299 e. The van der Waals surface area contributed by atoms with Crippen LogP contribution < -0.4 is 35.1 Å². The summed E-state index contributed by atoms with van der Waals surface area (Å²) in [7, 11) is 0. The molecule has 0 amide bonds. The van der Waals surface area contributed by atoms with E-state index in [-0.39, 0.29) is 24.0 Å². The number of hydrogen-bond donors (Lipinski definition) is 2.